The number of para-hydroxylation sites is 1. The zero-order chi connectivity index (χ0) is 22.6. The lowest BCUT2D eigenvalue weighted by molar-refractivity contribution is -0.120. The molecular formula is C27H26N4O2. The van der Waals surface area contributed by atoms with E-state index in [0.29, 0.717) is 31.7 Å². The normalized spacial score (nSPS) is 13.7. The van der Waals surface area contributed by atoms with Crippen molar-refractivity contribution in [3.63, 3.8) is 0 Å². The Kier molecular flexibility index (Phi) is 5.81. The molecule has 0 unspecified atom stereocenters. The Hall–Kier alpha value is -4.06. The molecule has 0 atom stereocenters. The molecule has 5 rings (SSSR count). The van der Waals surface area contributed by atoms with Crippen molar-refractivity contribution in [2.75, 3.05) is 24.5 Å². The standard InChI is InChI=1S/C27H26N4O2/c32-26-19-30(15-14-28-26)22-12-10-20(11-13-22)16-29-27(33)24-18-31(17-21-6-2-1-3-7-21)25-9-5-4-8-23(24)25/h1-13,18H,14-17,19H2,(H,28,32)(H,29,33). The third kappa shape index (κ3) is 4.60. The number of carbonyl (C=O) groups excluding carboxylic acids is 2. The predicted octanol–water partition coefficient (Wildman–Crippen LogP) is 3.56. The third-order valence-corrected chi connectivity index (χ3v) is 6.02. The van der Waals surface area contributed by atoms with Gasteiger partial charge in [0, 0.05) is 49.0 Å². The van der Waals surface area contributed by atoms with Gasteiger partial charge in [-0.25, -0.2) is 0 Å². The maximum atomic E-state index is 13.1. The van der Waals surface area contributed by atoms with Crippen molar-refractivity contribution < 1.29 is 9.59 Å². The summed E-state index contributed by atoms with van der Waals surface area (Å²) in [4.78, 5) is 26.8. The van der Waals surface area contributed by atoms with Gasteiger partial charge in [-0.05, 0) is 29.3 Å². The van der Waals surface area contributed by atoms with Crippen LogP contribution in [0.15, 0.2) is 85.1 Å². The van der Waals surface area contributed by atoms with Crippen LogP contribution in [0.3, 0.4) is 0 Å². The van der Waals surface area contributed by atoms with Gasteiger partial charge in [-0.3, -0.25) is 9.59 Å². The summed E-state index contributed by atoms with van der Waals surface area (Å²) in [6.07, 6.45) is 1.94. The highest BCUT2D eigenvalue weighted by atomic mass is 16.2. The second-order valence-corrected chi connectivity index (χ2v) is 8.29. The summed E-state index contributed by atoms with van der Waals surface area (Å²) in [6.45, 7) is 2.99. The van der Waals surface area contributed by atoms with Gasteiger partial charge in [-0.2, -0.15) is 0 Å². The van der Waals surface area contributed by atoms with E-state index in [0.717, 1.165) is 28.7 Å². The lowest BCUT2D eigenvalue weighted by Crippen LogP contribution is -2.47. The number of anilines is 1. The molecule has 33 heavy (non-hydrogen) atoms. The Bertz CT molecular complexity index is 1280. The molecule has 1 aliphatic heterocycles. The van der Waals surface area contributed by atoms with Gasteiger partial charge in [0.25, 0.3) is 5.91 Å². The average molecular weight is 439 g/mol. The minimum absolute atomic E-state index is 0.0454. The van der Waals surface area contributed by atoms with E-state index in [1.54, 1.807) is 0 Å². The van der Waals surface area contributed by atoms with Gasteiger partial charge in [0.15, 0.2) is 0 Å². The minimum atomic E-state index is -0.0882. The zero-order valence-electron chi connectivity index (χ0n) is 18.3. The molecule has 6 nitrogen and oxygen atoms in total. The summed E-state index contributed by atoms with van der Waals surface area (Å²) < 4.78 is 2.13. The molecule has 1 aliphatic rings. The lowest BCUT2D eigenvalue weighted by Gasteiger charge is -2.28. The topological polar surface area (TPSA) is 66.4 Å². The van der Waals surface area contributed by atoms with E-state index >= 15 is 0 Å². The maximum Gasteiger partial charge on any atom is 0.253 e. The molecule has 2 N–H and O–H groups in total. The molecule has 0 aliphatic carbocycles. The van der Waals surface area contributed by atoms with Crippen LogP contribution in [-0.4, -0.2) is 36.0 Å². The molecule has 0 spiro atoms. The van der Waals surface area contributed by atoms with Crippen molar-refractivity contribution in [3.05, 3.63) is 102 Å². The Labute approximate surface area is 192 Å². The van der Waals surface area contributed by atoms with Crippen molar-refractivity contribution in [3.8, 4) is 0 Å². The molecule has 6 heteroatoms. The first kappa shape index (κ1) is 20.8. The number of hydrogen-bond donors (Lipinski definition) is 2. The number of hydrogen-bond acceptors (Lipinski definition) is 3. The summed E-state index contributed by atoms with van der Waals surface area (Å²) in [6, 6.07) is 26.3. The first-order valence-electron chi connectivity index (χ1n) is 11.2. The fourth-order valence-electron chi connectivity index (χ4n) is 4.30. The van der Waals surface area contributed by atoms with E-state index in [1.807, 2.05) is 66.9 Å². The molecule has 0 saturated carbocycles. The largest absolute Gasteiger partial charge is 0.360 e. The molecule has 4 aromatic rings. The van der Waals surface area contributed by atoms with Crippen LogP contribution in [0.25, 0.3) is 10.9 Å². The Balaban J connectivity index is 1.29. The maximum absolute atomic E-state index is 13.1. The van der Waals surface area contributed by atoms with Gasteiger partial charge in [0.1, 0.15) is 0 Å². The van der Waals surface area contributed by atoms with Gasteiger partial charge in [0.05, 0.1) is 12.1 Å². The molecular weight excluding hydrogens is 412 g/mol. The molecule has 1 saturated heterocycles. The minimum Gasteiger partial charge on any atom is -0.360 e. The SMILES string of the molecule is O=C1CN(c2ccc(CNC(=O)c3cn(Cc4ccccc4)c4ccccc34)cc2)CCN1. The Morgan fingerprint density at radius 2 is 1.67 bits per heavy atom. The smallest absolute Gasteiger partial charge is 0.253 e. The first-order valence-corrected chi connectivity index (χ1v) is 11.2. The van der Waals surface area contributed by atoms with Gasteiger partial charge >= 0.3 is 0 Å². The number of nitrogens with zero attached hydrogens (tertiary/aromatic N) is 2. The van der Waals surface area contributed by atoms with E-state index in [1.165, 1.54) is 5.56 Å². The number of benzene rings is 3. The molecule has 1 fully saturated rings. The second-order valence-electron chi connectivity index (χ2n) is 8.29. The highest BCUT2D eigenvalue weighted by Gasteiger charge is 2.17. The van der Waals surface area contributed by atoms with E-state index in [9.17, 15) is 9.59 Å². The van der Waals surface area contributed by atoms with Crippen LogP contribution in [0.2, 0.25) is 0 Å². The molecule has 3 aromatic carbocycles. The fourth-order valence-corrected chi connectivity index (χ4v) is 4.30. The van der Waals surface area contributed by atoms with Gasteiger partial charge in [0.2, 0.25) is 5.91 Å². The molecule has 0 bridgehead atoms. The van der Waals surface area contributed by atoms with Crippen LogP contribution in [0.5, 0.6) is 0 Å². The van der Waals surface area contributed by atoms with Gasteiger partial charge in [-0.1, -0.05) is 60.7 Å². The molecule has 1 aromatic heterocycles. The summed E-state index contributed by atoms with van der Waals surface area (Å²) in [7, 11) is 0. The molecule has 166 valence electrons. The van der Waals surface area contributed by atoms with E-state index < -0.39 is 0 Å². The zero-order valence-corrected chi connectivity index (χ0v) is 18.3. The van der Waals surface area contributed by atoms with E-state index in [-0.39, 0.29) is 11.8 Å². The number of aromatic nitrogens is 1. The second kappa shape index (κ2) is 9.20. The van der Waals surface area contributed by atoms with Crippen LogP contribution in [-0.2, 0) is 17.9 Å². The van der Waals surface area contributed by atoms with Crippen molar-refractivity contribution in [2.45, 2.75) is 13.1 Å². The number of piperazine rings is 1. The number of rotatable bonds is 6. The number of nitrogens with one attached hydrogen (secondary N) is 2. The van der Waals surface area contributed by atoms with Crippen molar-refractivity contribution in [1.29, 1.82) is 0 Å². The Morgan fingerprint density at radius 1 is 0.909 bits per heavy atom. The van der Waals surface area contributed by atoms with Crippen LogP contribution in [0.1, 0.15) is 21.5 Å². The van der Waals surface area contributed by atoms with E-state index in [4.69, 9.17) is 0 Å². The van der Waals surface area contributed by atoms with Gasteiger partial charge in [-0.15, -0.1) is 0 Å². The lowest BCUT2D eigenvalue weighted by atomic mass is 10.1. The van der Waals surface area contributed by atoms with Crippen LogP contribution >= 0.6 is 0 Å². The van der Waals surface area contributed by atoms with Crippen molar-refractivity contribution in [2.24, 2.45) is 0 Å². The Morgan fingerprint density at radius 3 is 2.45 bits per heavy atom. The van der Waals surface area contributed by atoms with Crippen LogP contribution in [0, 0.1) is 0 Å². The average Bonchev–Trinajstić information content (AvgIpc) is 3.22. The number of amides is 2. The predicted molar refractivity (Wildman–Crippen MR) is 130 cm³/mol. The quantitative estimate of drug-likeness (QED) is 0.484. The van der Waals surface area contributed by atoms with E-state index in [2.05, 4.69) is 38.3 Å². The molecule has 0 radical (unpaired) electrons. The summed E-state index contributed by atoms with van der Waals surface area (Å²) in [5.74, 6) is -0.0428. The van der Waals surface area contributed by atoms with Gasteiger partial charge < -0.3 is 20.1 Å². The molecule has 2 heterocycles. The third-order valence-electron chi connectivity index (χ3n) is 6.02. The monoisotopic (exact) mass is 438 g/mol. The number of fused-ring (bicyclic) bond motifs is 1. The van der Waals surface area contributed by atoms with Crippen molar-refractivity contribution in [1.82, 2.24) is 15.2 Å². The highest BCUT2D eigenvalue weighted by Crippen LogP contribution is 2.23. The fraction of sp³-hybridized carbons (Fsp3) is 0.185. The molecule has 2 amide bonds. The summed E-state index contributed by atoms with van der Waals surface area (Å²) >= 11 is 0. The first-order chi connectivity index (χ1) is 16.2. The van der Waals surface area contributed by atoms with Crippen molar-refractivity contribution >= 4 is 28.4 Å². The summed E-state index contributed by atoms with van der Waals surface area (Å²) in [5.41, 5.74) is 4.95. The van der Waals surface area contributed by atoms with Crippen LogP contribution < -0.4 is 15.5 Å². The summed E-state index contributed by atoms with van der Waals surface area (Å²) in [5, 5.41) is 6.85. The highest BCUT2D eigenvalue weighted by molar-refractivity contribution is 6.07. The number of carbonyl (C=O) groups is 2. The van der Waals surface area contributed by atoms with Crippen LogP contribution in [0.4, 0.5) is 5.69 Å².